The largest absolute Gasteiger partial charge is 0.456 e. The van der Waals surface area contributed by atoms with Gasteiger partial charge in [-0.15, -0.1) is 0 Å². The van der Waals surface area contributed by atoms with Crippen LogP contribution in [0.4, 0.5) is 34.1 Å². The van der Waals surface area contributed by atoms with E-state index in [1.165, 1.54) is 11.1 Å². The fourth-order valence-corrected chi connectivity index (χ4v) is 19.9. The summed E-state index contributed by atoms with van der Waals surface area (Å²) >= 11 is 0. The molecule has 21 aromatic carbocycles. The summed E-state index contributed by atoms with van der Waals surface area (Å²) in [6.07, 6.45) is 0. The van der Waals surface area contributed by atoms with Crippen LogP contribution in [0.1, 0.15) is 0 Å². The highest BCUT2D eigenvalue weighted by molar-refractivity contribution is 6.16. The van der Waals surface area contributed by atoms with E-state index in [4.69, 9.17) is 26.5 Å². The van der Waals surface area contributed by atoms with Crippen molar-refractivity contribution < 1.29 is 26.5 Å². The van der Waals surface area contributed by atoms with Gasteiger partial charge < -0.3 is 36.3 Å². The molecular formula is C124H76N2O6. The first kappa shape index (κ1) is 75.6. The number of furan rings is 6. The van der Waals surface area contributed by atoms with Crippen LogP contribution < -0.4 is 9.80 Å². The topological polar surface area (TPSA) is 85.3 Å². The standard InChI is InChI=1S/C66H41NO3.C58H35NO3/c1-6-15-63-55(8-1)58-12-7-11-54(66(58)70-63)48-22-20-44(21-23-48)42-16-18-43(19-17-42)45-24-32-51(33-25-45)67(52-34-26-46(27-35-52)49-30-38-64-59(40-49)56-9-2-4-13-61(56)68-64)53-36-28-47(29-37-53)50-31-39-65-60(41-50)57-10-3-5-14-62(57)69-65;1-2-11-44-42(10-1)43(48-15-9-16-49-45-12-3-8-19-55(45)62-58(48)49)30-31-52(44)59(40-26-20-36(21-27-40)38-24-32-56-50(34-38)46-13-4-6-17-53(46)60-56)41-28-22-37(23-29-41)39-25-33-57-51(35-39)47-14-5-7-18-54(47)61-57/h1-41H;1-35H. The van der Waals surface area contributed by atoms with Crippen molar-refractivity contribution in [2.75, 3.05) is 9.80 Å². The fraction of sp³-hybridized carbons (Fsp3) is 0. The first-order chi connectivity index (χ1) is 65.4. The Morgan fingerprint density at radius 1 is 0.121 bits per heavy atom. The van der Waals surface area contributed by atoms with Crippen molar-refractivity contribution in [3.05, 3.63) is 461 Å². The highest BCUT2D eigenvalue weighted by Crippen LogP contribution is 2.49. The molecule has 0 unspecified atom stereocenters. The lowest BCUT2D eigenvalue weighted by atomic mass is 9.95. The van der Waals surface area contributed by atoms with Crippen LogP contribution in [-0.2, 0) is 0 Å². The van der Waals surface area contributed by atoms with E-state index in [1.54, 1.807) is 0 Å². The fourth-order valence-electron chi connectivity index (χ4n) is 19.9. The van der Waals surface area contributed by atoms with Crippen molar-refractivity contribution in [2.24, 2.45) is 0 Å². The smallest absolute Gasteiger partial charge is 0.143 e. The zero-order valence-electron chi connectivity index (χ0n) is 71.2. The van der Waals surface area contributed by atoms with Crippen LogP contribution >= 0.6 is 0 Å². The first-order valence-electron chi connectivity index (χ1n) is 44.7. The Bertz CT molecular complexity index is 8870. The number of anilines is 6. The summed E-state index contributed by atoms with van der Waals surface area (Å²) in [5.74, 6) is 0. The first-order valence-corrected chi connectivity index (χ1v) is 44.7. The van der Waals surface area contributed by atoms with Crippen molar-refractivity contribution >= 4 is 177 Å². The van der Waals surface area contributed by atoms with Gasteiger partial charge in [0.1, 0.15) is 67.0 Å². The van der Waals surface area contributed by atoms with Gasteiger partial charge in [-0.25, -0.2) is 0 Å². The second kappa shape index (κ2) is 31.1. The highest BCUT2D eigenvalue weighted by atomic mass is 16.3. The minimum Gasteiger partial charge on any atom is -0.456 e. The molecular weight excluding hydrogens is 1610 g/mol. The van der Waals surface area contributed by atoms with E-state index in [0.29, 0.717) is 0 Å². The normalized spacial score (nSPS) is 11.8. The molecule has 0 amide bonds. The second-order valence-corrected chi connectivity index (χ2v) is 34.0. The van der Waals surface area contributed by atoms with Crippen LogP contribution in [0.15, 0.2) is 488 Å². The summed E-state index contributed by atoms with van der Waals surface area (Å²) in [4.78, 5) is 4.71. The molecule has 6 aromatic heterocycles. The van der Waals surface area contributed by atoms with Gasteiger partial charge in [-0.05, 0) is 235 Å². The molecule has 0 aliphatic heterocycles. The molecule has 6 heterocycles. The van der Waals surface area contributed by atoms with E-state index in [1.807, 2.05) is 72.8 Å². The van der Waals surface area contributed by atoms with Gasteiger partial charge in [0.2, 0.25) is 0 Å². The van der Waals surface area contributed by atoms with Crippen LogP contribution in [-0.4, -0.2) is 0 Å². The summed E-state index contributed by atoms with van der Waals surface area (Å²) in [5, 5.41) is 15.8. The third-order valence-corrected chi connectivity index (χ3v) is 26.5. The summed E-state index contributed by atoms with van der Waals surface area (Å²) in [6, 6.07) is 164. The monoisotopic (exact) mass is 1690 g/mol. The number of para-hydroxylation sites is 8. The lowest BCUT2D eigenvalue weighted by molar-refractivity contribution is 0.668. The Morgan fingerprint density at radius 3 is 0.682 bits per heavy atom. The average molecular weight is 1690 g/mol. The maximum atomic E-state index is 6.56. The highest BCUT2D eigenvalue weighted by Gasteiger charge is 2.24. The van der Waals surface area contributed by atoms with Gasteiger partial charge in [-0.1, -0.05) is 309 Å². The van der Waals surface area contributed by atoms with E-state index < -0.39 is 0 Å². The van der Waals surface area contributed by atoms with E-state index in [2.05, 4.69) is 398 Å². The summed E-state index contributed by atoms with van der Waals surface area (Å²) < 4.78 is 37.5. The summed E-state index contributed by atoms with van der Waals surface area (Å²) in [5.41, 5.74) is 35.4. The number of fused-ring (bicyclic) bond motifs is 19. The molecule has 0 aliphatic carbocycles. The number of benzene rings is 21. The van der Waals surface area contributed by atoms with Crippen LogP contribution in [0.3, 0.4) is 0 Å². The minimum absolute atomic E-state index is 0.894. The summed E-state index contributed by atoms with van der Waals surface area (Å²) in [7, 11) is 0. The van der Waals surface area contributed by atoms with Gasteiger partial charge in [-0.2, -0.15) is 0 Å². The molecule has 0 atom stereocenters. The molecule has 0 N–H and O–H groups in total. The van der Waals surface area contributed by atoms with Gasteiger partial charge in [0, 0.05) is 110 Å². The van der Waals surface area contributed by atoms with E-state index in [-0.39, 0.29) is 0 Å². The third-order valence-electron chi connectivity index (χ3n) is 26.5. The molecule has 132 heavy (non-hydrogen) atoms. The second-order valence-electron chi connectivity index (χ2n) is 34.0. The molecule has 0 aliphatic rings. The number of hydrogen-bond acceptors (Lipinski definition) is 8. The number of nitrogens with zero attached hydrogens (tertiary/aromatic N) is 2. The van der Waals surface area contributed by atoms with E-state index >= 15 is 0 Å². The van der Waals surface area contributed by atoms with Crippen molar-refractivity contribution in [3.63, 3.8) is 0 Å². The van der Waals surface area contributed by atoms with E-state index in [0.717, 1.165) is 254 Å². The maximum absolute atomic E-state index is 6.56. The molecule has 0 bridgehead atoms. The Labute approximate surface area is 757 Å². The lowest BCUT2D eigenvalue weighted by Crippen LogP contribution is -2.10. The molecule has 8 nitrogen and oxygen atoms in total. The number of rotatable bonds is 14. The molecule has 0 saturated heterocycles. The summed E-state index contributed by atoms with van der Waals surface area (Å²) in [6.45, 7) is 0. The number of hydrogen-bond donors (Lipinski definition) is 0. The minimum atomic E-state index is 0.894. The Balaban J connectivity index is 0.000000139. The SMILES string of the molecule is c1ccc2c(c1)oc1ccc(-c3ccc(N(c4ccc(-c5ccc(-c6ccc(-c7cccc8c7oc7ccccc78)cc6)cc5)cc4)c4ccc(-c5ccc6oc7ccccc7c6c5)cc4)cc3)cc12.c1ccc2c(c1)oc1ccc(-c3ccc(N(c4ccc(-c5ccc6oc7ccccc7c6c5)cc4)c4ccc(-c5cccc6c5oc5ccccc56)c5ccccc45)cc3)cc12. The molecule has 0 spiro atoms. The van der Waals surface area contributed by atoms with Crippen molar-refractivity contribution in [3.8, 4) is 89.0 Å². The predicted octanol–water partition coefficient (Wildman–Crippen LogP) is 36.2. The Kier molecular flexibility index (Phi) is 17.8. The lowest BCUT2D eigenvalue weighted by Gasteiger charge is -2.28. The quantitative estimate of drug-likeness (QED) is 0.106. The van der Waals surface area contributed by atoms with Crippen molar-refractivity contribution in [1.29, 1.82) is 0 Å². The zero-order chi connectivity index (χ0) is 86.9. The molecule has 0 saturated carbocycles. The average Bonchev–Trinajstić information content (AvgIpc) is 1.65. The van der Waals surface area contributed by atoms with Gasteiger partial charge in [0.15, 0.2) is 0 Å². The van der Waals surface area contributed by atoms with Crippen molar-refractivity contribution in [2.45, 2.75) is 0 Å². The van der Waals surface area contributed by atoms with Crippen LogP contribution in [0.2, 0.25) is 0 Å². The molecule has 27 aromatic rings. The zero-order valence-corrected chi connectivity index (χ0v) is 71.2. The molecule has 618 valence electrons. The molecule has 27 rings (SSSR count). The van der Waals surface area contributed by atoms with Gasteiger partial charge in [-0.3, -0.25) is 0 Å². The molecule has 0 radical (unpaired) electrons. The van der Waals surface area contributed by atoms with Gasteiger partial charge in [0.25, 0.3) is 0 Å². The third kappa shape index (κ3) is 13.1. The maximum Gasteiger partial charge on any atom is 0.143 e. The molecule has 0 fully saturated rings. The molecule has 8 heteroatoms. The van der Waals surface area contributed by atoms with Crippen molar-refractivity contribution in [1.82, 2.24) is 0 Å². The van der Waals surface area contributed by atoms with Crippen LogP contribution in [0.25, 0.3) is 231 Å². The van der Waals surface area contributed by atoms with Crippen LogP contribution in [0.5, 0.6) is 0 Å². The van der Waals surface area contributed by atoms with Gasteiger partial charge in [0.05, 0.1) is 5.69 Å². The van der Waals surface area contributed by atoms with Gasteiger partial charge >= 0.3 is 0 Å². The van der Waals surface area contributed by atoms with E-state index in [9.17, 15) is 0 Å². The Hall–Kier alpha value is -17.7. The Morgan fingerprint density at radius 2 is 0.348 bits per heavy atom. The van der Waals surface area contributed by atoms with Crippen LogP contribution in [0, 0.1) is 0 Å². The predicted molar refractivity (Wildman–Crippen MR) is 547 cm³/mol.